The van der Waals surface area contributed by atoms with Gasteiger partial charge in [0.1, 0.15) is 5.78 Å². The van der Waals surface area contributed by atoms with Crippen molar-refractivity contribution < 1.29 is 4.79 Å². The van der Waals surface area contributed by atoms with Gasteiger partial charge in [-0.1, -0.05) is 24.3 Å². The number of hydrogen-bond acceptors (Lipinski definition) is 2. The largest absolute Gasteiger partial charge is 0.299 e. The number of carbonyl (C=O) groups excluding carboxylic acids is 1. The van der Waals surface area contributed by atoms with E-state index in [0.717, 1.165) is 12.0 Å². The lowest BCUT2D eigenvalue weighted by atomic mass is 9.80. The van der Waals surface area contributed by atoms with E-state index >= 15 is 0 Å². The molecule has 1 unspecified atom stereocenters. The highest BCUT2D eigenvalue weighted by Gasteiger charge is 2.26. The van der Waals surface area contributed by atoms with E-state index in [4.69, 9.17) is 5.26 Å². The molecule has 0 heterocycles. The van der Waals surface area contributed by atoms with Crippen LogP contribution >= 0.6 is 0 Å². The lowest BCUT2D eigenvalue weighted by Crippen LogP contribution is -2.19. The molecule has 0 saturated heterocycles. The minimum Gasteiger partial charge on any atom is -0.299 e. The lowest BCUT2D eigenvalue weighted by molar-refractivity contribution is -0.120. The van der Waals surface area contributed by atoms with Gasteiger partial charge in [-0.15, -0.1) is 0 Å². The Morgan fingerprint density at radius 3 is 2.93 bits per heavy atom. The SMILES string of the molecule is N#CCC1C(=O)CCc2ccccc21. The van der Waals surface area contributed by atoms with Crippen LogP contribution in [-0.2, 0) is 11.2 Å². The van der Waals surface area contributed by atoms with Gasteiger partial charge in [0.2, 0.25) is 0 Å². The first-order valence-electron chi connectivity index (χ1n) is 4.80. The van der Waals surface area contributed by atoms with Crippen molar-refractivity contribution in [1.29, 1.82) is 5.26 Å². The molecule has 14 heavy (non-hydrogen) atoms. The molecule has 0 aliphatic heterocycles. The average molecular weight is 185 g/mol. The molecule has 0 saturated carbocycles. The summed E-state index contributed by atoms with van der Waals surface area (Å²) in [4.78, 5) is 11.6. The quantitative estimate of drug-likeness (QED) is 0.673. The maximum Gasteiger partial charge on any atom is 0.141 e. The summed E-state index contributed by atoms with van der Waals surface area (Å²) in [5, 5.41) is 8.66. The average Bonchev–Trinajstić information content (AvgIpc) is 2.23. The second kappa shape index (κ2) is 3.63. The molecule has 0 aromatic heterocycles. The molecule has 1 aliphatic carbocycles. The van der Waals surface area contributed by atoms with E-state index in [9.17, 15) is 4.79 Å². The van der Waals surface area contributed by atoms with E-state index in [1.807, 2.05) is 24.3 Å². The van der Waals surface area contributed by atoms with E-state index in [1.165, 1.54) is 5.56 Å². The molecule has 2 rings (SSSR count). The molecule has 2 heteroatoms. The molecule has 1 aromatic rings. The fraction of sp³-hybridized carbons (Fsp3) is 0.333. The zero-order chi connectivity index (χ0) is 9.97. The number of nitrogens with zero attached hydrogens (tertiary/aromatic N) is 1. The van der Waals surface area contributed by atoms with Crippen molar-refractivity contribution >= 4 is 5.78 Å². The van der Waals surface area contributed by atoms with Crippen molar-refractivity contribution in [2.24, 2.45) is 0 Å². The Balaban J connectivity index is 2.42. The Morgan fingerprint density at radius 2 is 2.14 bits per heavy atom. The van der Waals surface area contributed by atoms with Crippen LogP contribution in [0.3, 0.4) is 0 Å². The second-order valence-corrected chi connectivity index (χ2v) is 3.58. The Labute approximate surface area is 83.2 Å². The summed E-state index contributed by atoms with van der Waals surface area (Å²) >= 11 is 0. The Bertz CT molecular complexity index is 403. The molecule has 1 aliphatic rings. The second-order valence-electron chi connectivity index (χ2n) is 3.58. The number of aryl methyl sites for hydroxylation is 1. The van der Waals surface area contributed by atoms with E-state index < -0.39 is 0 Å². The Kier molecular flexibility index (Phi) is 2.32. The minimum absolute atomic E-state index is 0.176. The van der Waals surface area contributed by atoms with Crippen molar-refractivity contribution in [3.63, 3.8) is 0 Å². The standard InChI is InChI=1S/C12H11NO/c13-8-7-11-10-4-2-1-3-9(10)5-6-12(11)14/h1-4,11H,5-7H2. The molecule has 0 spiro atoms. The first-order valence-corrected chi connectivity index (χ1v) is 4.80. The summed E-state index contributed by atoms with van der Waals surface area (Å²) in [5.41, 5.74) is 2.29. The summed E-state index contributed by atoms with van der Waals surface area (Å²) in [6.07, 6.45) is 1.73. The smallest absolute Gasteiger partial charge is 0.141 e. The molecule has 0 radical (unpaired) electrons. The summed E-state index contributed by atoms with van der Waals surface area (Å²) in [7, 11) is 0. The summed E-state index contributed by atoms with van der Waals surface area (Å²) in [6, 6.07) is 10.0. The Morgan fingerprint density at radius 1 is 1.36 bits per heavy atom. The van der Waals surface area contributed by atoms with Gasteiger partial charge < -0.3 is 0 Å². The van der Waals surface area contributed by atoms with Crippen molar-refractivity contribution in [3.05, 3.63) is 35.4 Å². The first kappa shape index (κ1) is 8.96. The van der Waals surface area contributed by atoms with E-state index in [1.54, 1.807) is 0 Å². The number of benzene rings is 1. The number of ketones is 1. The number of rotatable bonds is 1. The van der Waals surface area contributed by atoms with Crippen LogP contribution in [0.1, 0.15) is 29.9 Å². The highest BCUT2D eigenvalue weighted by atomic mass is 16.1. The van der Waals surface area contributed by atoms with Crippen LogP contribution in [0.2, 0.25) is 0 Å². The van der Waals surface area contributed by atoms with E-state index in [-0.39, 0.29) is 11.7 Å². The highest BCUT2D eigenvalue weighted by Crippen LogP contribution is 2.30. The van der Waals surface area contributed by atoms with Gasteiger partial charge in [-0.3, -0.25) is 4.79 Å². The van der Waals surface area contributed by atoms with Gasteiger partial charge in [-0.25, -0.2) is 0 Å². The maximum atomic E-state index is 11.6. The molecule has 70 valence electrons. The molecule has 1 aromatic carbocycles. The van der Waals surface area contributed by atoms with Gasteiger partial charge in [0.15, 0.2) is 0 Å². The van der Waals surface area contributed by atoms with Crippen molar-refractivity contribution in [2.45, 2.75) is 25.2 Å². The van der Waals surface area contributed by atoms with Crippen LogP contribution in [-0.4, -0.2) is 5.78 Å². The molecular weight excluding hydrogens is 174 g/mol. The monoisotopic (exact) mass is 185 g/mol. The van der Waals surface area contributed by atoms with Gasteiger partial charge in [-0.05, 0) is 17.5 Å². The fourth-order valence-electron chi connectivity index (χ4n) is 2.02. The highest BCUT2D eigenvalue weighted by molar-refractivity contribution is 5.88. The number of nitriles is 1. The van der Waals surface area contributed by atoms with Gasteiger partial charge in [0, 0.05) is 12.8 Å². The molecule has 0 fully saturated rings. The van der Waals surface area contributed by atoms with Crippen LogP contribution < -0.4 is 0 Å². The molecule has 0 N–H and O–H groups in total. The molecular formula is C12H11NO. The first-order chi connectivity index (χ1) is 6.83. The van der Waals surface area contributed by atoms with Gasteiger partial charge in [0.05, 0.1) is 12.0 Å². The van der Waals surface area contributed by atoms with Gasteiger partial charge >= 0.3 is 0 Å². The lowest BCUT2D eigenvalue weighted by Gasteiger charge is -2.22. The van der Waals surface area contributed by atoms with Crippen LogP contribution in [0.5, 0.6) is 0 Å². The molecule has 0 amide bonds. The van der Waals surface area contributed by atoms with Crippen LogP contribution in [0, 0.1) is 11.3 Å². The topological polar surface area (TPSA) is 40.9 Å². The predicted molar refractivity (Wildman–Crippen MR) is 52.7 cm³/mol. The van der Waals surface area contributed by atoms with Gasteiger partial charge in [0.25, 0.3) is 0 Å². The van der Waals surface area contributed by atoms with Crippen LogP contribution in [0.25, 0.3) is 0 Å². The third kappa shape index (κ3) is 1.42. The molecule has 0 bridgehead atoms. The summed E-state index contributed by atoms with van der Waals surface area (Å²) in [6.45, 7) is 0. The fourth-order valence-corrected chi connectivity index (χ4v) is 2.02. The predicted octanol–water partition coefficient (Wildman–Crippen LogP) is 2.20. The third-order valence-electron chi connectivity index (χ3n) is 2.76. The number of Topliss-reactive ketones (excluding diaryl/α,β-unsaturated/α-hetero) is 1. The minimum atomic E-state index is -0.176. The number of carbonyl (C=O) groups is 1. The van der Waals surface area contributed by atoms with Crippen molar-refractivity contribution in [1.82, 2.24) is 0 Å². The number of fused-ring (bicyclic) bond motifs is 1. The zero-order valence-electron chi connectivity index (χ0n) is 7.86. The van der Waals surface area contributed by atoms with Crippen LogP contribution in [0.4, 0.5) is 0 Å². The van der Waals surface area contributed by atoms with E-state index in [0.29, 0.717) is 12.8 Å². The summed E-state index contributed by atoms with van der Waals surface area (Å²) in [5.74, 6) is 0.0372. The number of hydrogen-bond donors (Lipinski definition) is 0. The normalized spacial score (nSPS) is 19.9. The maximum absolute atomic E-state index is 11.6. The van der Waals surface area contributed by atoms with Crippen molar-refractivity contribution in [2.75, 3.05) is 0 Å². The zero-order valence-corrected chi connectivity index (χ0v) is 7.86. The molecule has 2 nitrogen and oxygen atoms in total. The third-order valence-corrected chi connectivity index (χ3v) is 2.76. The van der Waals surface area contributed by atoms with Gasteiger partial charge in [-0.2, -0.15) is 5.26 Å². The summed E-state index contributed by atoms with van der Waals surface area (Å²) < 4.78 is 0. The van der Waals surface area contributed by atoms with Crippen molar-refractivity contribution in [3.8, 4) is 6.07 Å². The van der Waals surface area contributed by atoms with E-state index in [2.05, 4.69) is 6.07 Å². The molecule has 1 atom stereocenters. The van der Waals surface area contributed by atoms with Crippen LogP contribution in [0.15, 0.2) is 24.3 Å². The Hall–Kier alpha value is -1.62.